The summed E-state index contributed by atoms with van der Waals surface area (Å²) in [5.74, 6) is 0.637. The summed E-state index contributed by atoms with van der Waals surface area (Å²) >= 11 is 0. The van der Waals surface area contributed by atoms with Crippen LogP contribution in [-0.4, -0.2) is 58.9 Å². The third-order valence-electron chi connectivity index (χ3n) is 4.36. The maximum absolute atomic E-state index is 12.6. The van der Waals surface area contributed by atoms with Crippen molar-refractivity contribution >= 4 is 11.6 Å². The number of amides is 1. The lowest BCUT2D eigenvalue weighted by Gasteiger charge is -2.27. The minimum atomic E-state index is -0.230. The normalized spacial score (nSPS) is 14.6. The summed E-state index contributed by atoms with van der Waals surface area (Å²) < 4.78 is 6.57. The summed E-state index contributed by atoms with van der Waals surface area (Å²) in [4.78, 5) is 30.6. The van der Waals surface area contributed by atoms with Crippen LogP contribution in [-0.2, 0) is 18.3 Å². The summed E-state index contributed by atoms with van der Waals surface area (Å²) in [5, 5.41) is 4.15. The molecule has 0 spiro atoms. The number of nitrogens with one attached hydrogen (secondary N) is 1. The second-order valence-electron chi connectivity index (χ2n) is 6.26. The highest BCUT2D eigenvalue weighted by atomic mass is 16.5. The lowest BCUT2D eigenvalue weighted by molar-refractivity contribution is 0.0303. The number of H-pyrrole nitrogens is 1. The van der Waals surface area contributed by atoms with Crippen LogP contribution in [0.2, 0.25) is 0 Å². The van der Waals surface area contributed by atoms with E-state index in [9.17, 15) is 9.59 Å². The first-order chi connectivity index (χ1) is 12.0. The Morgan fingerprint density at radius 1 is 1.36 bits per heavy atom. The van der Waals surface area contributed by atoms with E-state index in [1.807, 2.05) is 42.0 Å². The largest absolute Gasteiger partial charge is 0.378 e. The minimum Gasteiger partial charge on any atom is -0.378 e. The number of ether oxygens (including phenoxy) is 1. The van der Waals surface area contributed by atoms with Gasteiger partial charge in [0, 0.05) is 38.4 Å². The van der Waals surface area contributed by atoms with Gasteiger partial charge in [-0.2, -0.15) is 5.10 Å². The van der Waals surface area contributed by atoms with Crippen molar-refractivity contribution in [2.75, 3.05) is 38.3 Å². The van der Waals surface area contributed by atoms with Gasteiger partial charge in [0.2, 0.25) is 0 Å². The molecule has 1 aromatic carbocycles. The fourth-order valence-corrected chi connectivity index (χ4v) is 3.00. The van der Waals surface area contributed by atoms with Crippen LogP contribution < -0.4 is 10.6 Å². The molecule has 1 amide bonds. The number of anilines is 1. The van der Waals surface area contributed by atoms with E-state index in [2.05, 4.69) is 10.1 Å². The molecule has 0 saturated carbocycles. The summed E-state index contributed by atoms with van der Waals surface area (Å²) in [6, 6.07) is 5.69. The van der Waals surface area contributed by atoms with Crippen molar-refractivity contribution in [3.8, 4) is 0 Å². The van der Waals surface area contributed by atoms with Crippen molar-refractivity contribution in [3.05, 3.63) is 45.6 Å². The summed E-state index contributed by atoms with van der Waals surface area (Å²) in [6.45, 7) is 4.90. The highest BCUT2D eigenvalue weighted by Crippen LogP contribution is 2.22. The van der Waals surface area contributed by atoms with E-state index in [0.29, 0.717) is 44.2 Å². The van der Waals surface area contributed by atoms with Gasteiger partial charge in [0.05, 0.1) is 19.8 Å². The summed E-state index contributed by atoms with van der Waals surface area (Å²) in [5.41, 5.74) is 2.44. The molecule has 1 aromatic heterocycles. The van der Waals surface area contributed by atoms with Crippen LogP contribution in [0.1, 0.15) is 21.7 Å². The van der Waals surface area contributed by atoms with Gasteiger partial charge in [0.25, 0.3) is 5.91 Å². The van der Waals surface area contributed by atoms with E-state index in [0.717, 1.165) is 11.3 Å². The molecule has 2 aromatic rings. The smallest absolute Gasteiger partial charge is 0.343 e. The number of aryl methyl sites for hydroxylation is 2. The number of rotatable bonds is 4. The first-order valence-corrected chi connectivity index (χ1v) is 8.26. The molecule has 1 aliphatic heterocycles. The second-order valence-corrected chi connectivity index (χ2v) is 6.26. The molecule has 2 heterocycles. The number of morpholine rings is 1. The monoisotopic (exact) mass is 345 g/mol. The number of carbonyl (C=O) groups is 1. The number of aromatic amines is 1. The SMILES string of the molecule is Cc1cc(C(=O)N2CCOCC2)ccc1N(C)Cc1nn(C)c(=O)[nH]1. The van der Waals surface area contributed by atoms with Crippen LogP contribution in [0.25, 0.3) is 0 Å². The molecule has 0 unspecified atom stereocenters. The Balaban J connectivity index is 1.74. The zero-order chi connectivity index (χ0) is 18.0. The highest BCUT2D eigenvalue weighted by molar-refractivity contribution is 5.95. The molecule has 0 bridgehead atoms. The van der Waals surface area contributed by atoms with Gasteiger partial charge in [0.15, 0.2) is 5.82 Å². The van der Waals surface area contributed by atoms with E-state index < -0.39 is 0 Å². The first kappa shape index (κ1) is 17.2. The van der Waals surface area contributed by atoms with Crippen molar-refractivity contribution in [3.63, 3.8) is 0 Å². The Labute approximate surface area is 146 Å². The molecule has 0 radical (unpaired) electrons. The van der Waals surface area contributed by atoms with E-state index in [4.69, 9.17) is 4.74 Å². The van der Waals surface area contributed by atoms with E-state index in [1.165, 1.54) is 4.68 Å². The molecule has 8 heteroatoms. The average molecular weight is 345 g/mol. The second kappa shape index (κ2) is 7.10. The molecule has 3 rings (SSSR count). The van der Waals surface area contributed by atoms with Crippen molar-refractivity contribution in [2.45, 2.75) is 13.5 Å². The molecular formula is C17H23N5O3. The Morgan fingerprint density at radius 3 is 2.68 bits per heavy atom. The van der Waals surface area contributed by atoms with Crippen LogP contribution >= 0.6 is 0 Å². The zero-order valence-corrected chi connectivity index (χ0v) is 14.8. The van der Waals surface area contributed by atoms with Crippen molar-refractivity contribution < 1.29 is 9.53 Å². The van der Waals surface area contributed by atoms with Gasteiger partial charge in [0.1, 0.15) is 0 Å². The Hall–Kier alpha value is -2.61. The predicted octanol–water partition coefficient (Wildman–Crippen LogP) is 0.526. The highest BCUT2D eigenvalue weighted by Gasteiger charge is 2.19. The van der Waals surface area contributed by atoms with Crippen molar-refractivity contribution in [2.24, 2.45) is 7.05 Å². The predicted molar refractivity (Wildman–Crippen MR) is 93.8 cm³/mol. The van der Waals surface area contributed by atoms with Gasteiger partial charge in [-0.15, -0.1) is 0 Å². The minimum absolute atomic E-state index is 0.0367. The number of benzene rings is 1. The van der Waals surface area contributed by atoms with Gasteiger partial charge < -0.3 is 14.5 Å². The van der Waals surface area contributed by atoms with Gasteiger partial charge >= 0.3 is 5.69 Å². The average Bonchev–Trinajstić information content (AvgIpc) is 2.92. The standard InChI is InChI=1S/C17H23N5O3/c1-12-10-13(16(23)22-6-8-25-9-7-22)4-5-14(12)20(2)11-15-18-17(24)21(3)19-15/h4-5,10H,6-9,11H2,1-3H3,(H,18,19,24). The van der Waals surface area contributed by atoms with Gasteiger partial charge in [-0.1, -0.05) is 0 Å². The number of nitrogens with zero attached hydrogens (tertiary/aromatic N) is 4. The molecule has 1 saturated heterocycles. The number of aromatic nitrogens is 3. The molecule has 1 aliphatic rings. The van der Waals surface area contributed by atoms with Crippen LogP contribution in [0.5, 0.6) is 0 Å². The van der Waals surface area contributed by atoms with E-state index >= 15 is 0 Å². The van der Waals surface area contributed by atoms with Gasteiger partial charge in [-0.25, -0.2) is 9.48 Å². The first-order valence-electron chi connectivity index (χ1n) is 8.26. The maximum Gasteiger partial charge on any atom is 0.343 e. The third-order valence-corrected chi connectivity index (χ3v) is 4.36. The Bertz CT molecular complexity index is 820. The van der Waals surface area contributed by atoms with Gasteiger partial charge in [-0.3, -0.25) is 9.78 Å². The van der Waals surface area contributed by atoms with E-state index in [-0.39, 0.29) is 11.6 Å². The topological polar surface area (TPSA) is 83.5 Å². The third kappa shape index (κ3) is 3.74. The van der Waals surface area contributed by atoms with Crippen molar-refractivity contribution in [1.82, 2.24) is 19.7 Å². The maximum atomic E-state index is 12.6. The lowest BCUT2D eigenvalue weighted by atomic mass is 10.1. The molecular weight excluding hydrogens is 322 g/mol. The zero-order valence-electron chi connectivity index (χ0n) is 14.8. The summed E-state index contributed by atoms with van der Waals surface area (Å²) in [7, 11) is 3.54. The number of carbonyl (C=O) groups excluding carboxylic acids is 1. The summed E-state index contributed by atoms with van der Waals surface area (Å²) in [6.07, 6.45) is 0. The quantitative estimate of drug-likeness (QED) is 0.874. The molecule has 8 nitrogen and oxygen atoms in total. The molecule has 0 aliphatic carbocycles. The van der Waals surface area contributed by atoms with Crippen LogP contribution in [0.3, 0.4) is 0 Å². The number of hydrogen-bond acceptors (Lipinski definition) is 5. The fraction of sp³-hybridized carbons (Fsp3) is 0.471. The van der Waals surface area contributed by atoms with Gasteiger partial charge in [-0.05, 0) is 30.7 Å². The fourth-order valence-electron chi connectivity index (χ4n) is 3.00. The molecule has 1 fully saturated rings. The van der Waals surface area contributed by atoms with Crippen molar-refractivity contribution in [1.29, 1.82) is 0 Å². The van der Waals surface area contributed by atoms with Crippen LogP contribution in [0.15, 0.2) is 23.0 Å². The Kier molecular flexibility index (Phi) is 4.89. The van der Waals surface area contributed by atoms with Crippen LogP contribution in [0.4, 0.5) is 5.69 Å². The molecule has 0 atom stereocenters. The molecule has 134 valence electrons. The Morgan fingerprint density at radius 2 is 2.08 bits per heavy atom. The number of hydrogen-bond donors (Lipinski definition) is 1. The van der Waals surface area contributed by atoms with Crippen LogP contribution in [0, 0.1) is 6.92 Å². The lowest BCUT2D eigenvalue weighted by Crippen LogP contribution is -2.40. The van der Waals surface area contributed by atoms with E-state index in [1.54, 1.807) is 7.05 Å². The molecule has 1 N–H and O–H groups in total. The molecule has 25 heavy (non-hydrogen) atoms.